The summed E-state index contributed by atoms with van der Waals surface area (Å²) in [6, 6.07) is 13.4. The predicted octanol–water partition coefficient (Wildman–Crippen LogP) is 1.14. The molecule has 1 fully saturated rings. The molecule has 1 saturated heterocycles. The van der Waals surface area contributed by atoms with Crippen molar-refractivity contribution in [2.24, 2.45) is 0 Å². The van der Waals surface area contributed by atoms with E-state index < -0.39 is 10.0 Å². The molecule has 1 aromatic heterocycles. The van der Waals surface area contributed by atoms with Crippen molar-refractivity contribution in [3.8, 4) is 0 Å². The first-order valence-electron chi connectivity index (χ1n) is 11.5. The number of hydrogen-bond acceptors (Lipinski definition) is 5. The number of likely N-dealkylation sites (N-methyl/N-ethyl adjacent to an activating group) is 1. The van der Waals surface area contributed by atoms with E-state index in [1.165, 1.54) is 12.1 Å². The van der Waals surface area contributed by atoms with Crippen LogP contribution >= 0.6 is 0 Å². The molecule has 1 unspecified atom stereocenters. The van der Waals surface area contributed by atoms with Crippen LogP contribution in [0, 0.1) is 0 Å². The summed E-state index contributed by atoms with van der Waals surface area (Å²) in [7, 11) is -1.68. The Balaban J connectivity index is 1.35. The van der Waals surface area contributed by atoms with Gasteiger partial charge in [-0.25, -0.2) is 13.4 Å². The second kappa shape index (κ2) is 10.5. The molecule has 0 radical (unpaired) electrons. The quantitative estimate of drug-likeness (QED) is 0.465. The maximum Gasteiger partial charge on any atom is 0.279 e. The number of nitrogens with one attached hydrogen (secondary N) is 3. The molecule has 3 N–H and O–H groups in total. The maximum absolute atomic E-state index is 12.9. The molecule has 180 valence electrons. The van der Waals surface area contributed by atoms with Crippen molar-refractivity contribution in [3.63, 3.8) is 0 Å². The second-order valence-corrected chi connectivity index (χ2v) is 10.7. The number of fused-ring (bicyclic) bond motifs is 1. The number of nitrogens with zero attached hydrogens (tertiary/aromatic N) is 2. The Kier molecular flexibility index (Phi) is 7.40. The van der Waals surface area contributed by atoms with Gasteiger partial charge in [-0.15, -0.1) is 0 Å². The van der Waals surface area contributed by atoms with E-state index >= 15 is 0 Å². The highest BCUT2D eigenvalue weighted by Crippen LogP contribution is 2.21. The number of para-hydroxylation sites is 1. The van der Waals surface area contributed by atoms with Gasteiger partial charge in [-0.1, -0.05) is 25.0 Å². The van der Waals surface area contributed by atoms with Gasteiger partial charge in [0.1, 0.15) is 6.54 Å². The summed E-state index contributed by atoms with van der Waals surface area (Å²) in [4.78, 5) is 33.1. The lowest BCUT2D eigenvalue weighted by Crippen LogP contribution is -3.08. The molecule has 2 aromatic carbocycles. The lowest BCUT2D eigenvalue weighted by atomic mass is 10.2. The number of H-pyrrole nitrogens is 1. The number of carbonyl (C=O) groups is 1. The first kappa shape index (κ1) is 24.1. The van der Waals surface area contributed by atoms with Crippen molar-refractivity contribution in [3.05, 3.63) is 64.7 Å². The van der Waals surface area contributed by atoms with Crippen molar-refractivity contribution < 1.29 is 18.1 Å². The SMILES string of the molecule is C[NH+](CC(=O)Nc1ccc(S(=O)(=O)N2CCCCCC2)cc1)Cc1nc2ccccc2c(=O)[nH]1. The average molecular weight is 485 g/mol. The summed E-state index contributed by atoms with van der Waals surface area (Å²) < 4.78 is 27.4. The van der Waals surface area contributed by atoms with Gasteiger partial charge in [0, 0.05) is 18.8 Å². The van der Waals surface area contributed by atoms with E-state index in [1.807, 2.05) is 13.1 Å². The van der Waals surface area contributed by atoms with Crippen LogP contribution in [0.25, 0.3) is 10.9 Å². The number of sulfonamides is 1. The number of amides is 1. The number of quaternary nitrogens is 1. The zero-order chi connectivity index (χ0) is 24.1. The molecular weight excluding hydrogens is 454 g/mol. The highest BCUT2D eigenvalue weighted by molar-refractivity contribution is 7.89. The molecule has 3 aromatic rings. The maximum atomic E-state index is 12.9. The summed E-state index contributed by atoms with van der Waals surface area (Å²) in [5.74, 6) is 0.292. The van der Waals surface area contributed by atoms with Crippen molar-refractivity contribution in [2.75, 3.05) is 32.0 Å². The van der Waals surface area contributed by atoms with Crippen LogP contribution in [-0.4, -0.2) is 55.3 Å². The zero-order valence-electron chi connectivity index (χ0n) is 19.2. The molecule has 1 amide bonds. The number of anilines is 1. The fourth-order valence-corrected chi connectivity index (χ4v) is 5.70. The van der Waals surface area contributed by atoms with E-state index in [4.69, 9.17) is 0 Å². The third-order valence-corrected chi connectivity index (χ3v) is 7.85. The molecule has 34 heavy (non-hydrogen) atoms. The van der Waals surface area contributed by atoms with Gasteiger partial charge >= 0.3 is 0 Å². The molecular formula is C24H30N5O4S+. The van der Waals surface area contributed by atoms with Crippen molar-refractivity contribution in [1.29, 1.82) is 0 Å². The van der Waals surface area contributed by atoms with Crippen molar-refractivity contribution in [2.45, 2.75) is 37.1 Å². The number of aromatic amines is 1. The summed E-state index contributed by atoms with van der Waals surface area (Å²) in [6.45, 7) is 1.63. The minimum absolute atomic E-state index is 0.157. The fraction of sp³-hybridized carbons (Fsp3) is 0.375. The first-order valence-corrected chi connectivity index (χ1v) is 13.0. The van der Waals surface area contributed by atoms with E-state index in [0.29, 0.717) is 42.0 Å². The van der Waals surface area contributed by atoms with Crippen LogP contribution < -0.4 is 15.8 Å². The largest absolute Gasteiger partial charge is 0.323 e. The lowest BCUT2D eigenvalue weighted by molar-refractivity contribution is -0.885. The average Bonchev–Trinajstić information content (AvgIpc) is 3.09. The number of rotatable bonds is 7. The number of aromatic nitrogens is 2. The normalized spacial score (nSPS) is 16.1. The van der Waals surface area contributed by atoms with Crippen LogP contribution in [0.2, 0.25) is 0 Å². The molecule has 0 spiro atoms. The monoisotopic (exact) mass is 484 g/mol. The number of hydrogen-bond donors (Lipinski definition) is 3. The molecule has 9 nitrogen and oxygen atoms in total. The molecule has 0 saturated carbocycles. The van der Waals surface area contributed by atoms with E-state index in [-0.39, 0.29) is 22.9 Å². The van der Waals surface area contributed by atoms with Crippen LogP contribution in [0.15, 0.2) is 58.2 Å². The first-order chi connectivity index (χ1) is 16.3. The summed E-state index contributed by atoms with van der Waals surface area (Å²) >= 11 is 0. The minimum Gasteiger partial charge on any atom is -0.323 e. The van der Waals surface area contributed by atoms with E-state index in [1.54, 1.807) is 34.6 Å². The summed E-state index contributed by atoms with van der Waals surface area (Å²) in [6.07, 6.45) is 3.87. The number of benzene rings is 2. The Hall–Kier alpha value is -3.08. The Labute approximate surface area is 198 Å². The topological polar surface area (TPSA) is 117 Å². The van der Waals surface area contributed by atoms with Gasteiger partial charge in [0.05, 0.1) is 22.8 Å². The predicted molar refractivity (Wildman–Crippen MR) is 130 cm³/mol. The van der Waals surface area contributed by atoms with E-state index in [9.17, 15) is 18.0 Å². The molecule has 0 aliphatic carbocycles. The number of carbonyl (C=O) groups excluding carboxylic acids is 1. The van der Waals surface area contributed by atoms with Gasteiger partial charge in [-0.2, -0.15) is 4.31 Å². The van der Waals surface area contributed by atoms with Gasteiger partial charge in [0.25, 0.3) is 11.5 Å². The van der Waals surface area contributed by atoms with Crippen LogP contribution in [0.1, 0.15) is 31.5 Å². The third kappa shape index (κ3) is 5.69. The highest BCUT2D eigenvalue weighted by atomic mass is 32.2. The molecule has 1 aliphatic heterocycles. The summed E-state index contributed by atoms with van der Waals surface area (Å²) in [5.41, 5.74) is 0.951. The fourth-order valence-electron chi connectivity index (χ4n) is 4.19. The molecule has 1 atom stereocenters. The van der Waals surface area contributed by atoms with Crippen LogP contribution in [-0.2, 0) is 21.4 Å². The van der Waals surface area contributed by atoms with Crippen molar-refractivity contribution >= 4 is 32.5 Å². The molecule has 2 heterocycles. The second-order valence-electron chi connectivity index (χ2n) is 8.73. The van der Waals surface area contributed by atoms with Gasteiger partial charge in [-0.3, -0.25) is 9.59 Å². The zero-order valence-corrected chi connectivity index (χ0v) is 20.0. The molecule has 4 rings (SSSR count). The highest BCUT2D eigenvalue weighted by Gasteiger charge is 2.25. The van der Waals surface area contributed by atoms with Crippen LogP contribution in [0.5, 0.6) is 0 Å². The molecule has 1 aliphatic rings. The van der Waals surface area contributed by atoms with Crippen LogP contribution in [0.3, 0.4) is 0 Å². The molecule has 0 bridgehead atoms. The Morgan fingerprint density at radius 3 is 2.44 bits per heavy atom. The van der Waals surface area contributed by atoms with E-state index in [0.717, 1.165) is 30.6 Å². The van der Waals surface area contributed by atoms with Gasteiger partial charge < -0.3 is 15.2 Å². The van der Waals surface area contributed by atoms with Crippen LogP contribution in [0.4, 0.5) is 5.69 Å². The lowest BCUT2D eigenvalue weighted by Gasteiger charge is -2.20. The Bertz CT molecular complexity index is 1310. The summed E-state index contributed by atoms with van der Waals surface area (Å²) in [5, 5.41) is 3.34. The van der Waals surface area contributed by atoms with Crippen molar-refractivity contribution in [1.82, 2.24) is 14.3 Å². The van der Waals surface area contributed by atoms with Gasteiger partial charge in [0.2, 0.25) is 10.0 Å². The standard InChI is InChI=1S/C24H29N5O4S/c1-28(16-22-26-21-9-5-4-8-20(21)24(31)27-22)17-23(30)25-18-10-12-19(13-11-18)34(32,33)29-14-6-2-3-7-15-29/h4-5,8-13H,2-3,6-7,14-17H2,1H3,(H,25,30)(H,26,27,31)/p+1. The smallest absolute Gasteiger partial charge is 0.279 e. The third-order valence-electron chi connectivity index (χ3n) is 5.93. The Morgan fingerprint density at radius 1 is 1.06 bits per heavy atom. The van der Waals surface area contributed by atoms with E-state index in [2.05, 4.69) is 15.3 Å². The minimum atomic E-state index is -3.52. The van der Waals surface area contributed by atoms with Gasteiger partial charge in [-0.05, 0) is 49.2 Å². The Morgan fingerprint density at radius 2 is 1.74 bits per heavy atom. The molecule has 10 heteroatoms. The van der Waals surface area contributed by atoms with Gasteiger partial charge in [0.15, 0.2) is 12.4 Å².